The van der Waals surface area contributed by atoms with Crippen LogP contribution >= 0.6 is 0 Å². The molecule has 3 N–H and O–H groups in total. The van der Waals surface area contributed by atoms with Crippen molar-refractivity contribution in [2.45, 2.75) is 6.42 Å². The minimum Gasteiger partial charge on any atom is -0.402 e. The highest BCUT2D eigenvalue weighted by Gasteiger charge is 2.02. The van der Waals surface area contributed by atoms with Crippen LogP contribution in [-0.2, 0) is 0 Å². The molecule has 1 aliphatic carbocycles. The first-order valence-electron chi connectivity index (χ1n) is 3.44. The summed E-state index contributed by atoms with van der Waals surface area (Å²) in [6.07, 6.45) is 5.46. The summed E-state index contributed by atoms with van der Waals surface area (Å²) in [6, 6.07) is 0. The molecule has 1 rings (SSSR count). The Morgan fingerprint density at radius 1 is 1.64 bits per heavy atom. The monoisotopic (exact) mass is 154 g/mol. The van der Waals surface area contributed by atoms with Gasteiger partial charge in [0.15, 0.2) is 0 Å². The first-order chi connectivity index (χ1) is 5.24. The van der Waals surface area contributed by atoms with Crippen LogP contribution in [0.2, 0.25) is 0 Å². The molecule has 0 aromatic rings. The van der Waals surface area contributed by atoms with Crippen LogP contribution in [0.15, 0.2) is 35.4 Å². The Hall–Kier alpha value is -1.25. The zero-order valence-corrected chi connectivity index (χ0v) is 6.39. The lowest BCUT2D eigenvalue weighted by Gasteiger charge is -1.98. The Bertz CT molecular complexity index is 238. The fourth-order valence-electron chi connectivity index (χ4n) is 0.895. The first-order valence-corrected chi connectivity index (χ1v) is 3.44. The van der Waals surface area contributed by atoms with E-state index in [1.807, 2.05) is 6.08 Å². The minimum absolute atomic E-state index is 0.307. The Morgan fingerprint density at radius 2 is 2.36 bits per heavy atom. The SMILES string of the molecule is CNC1=C(F)C=C(N)CC=C1. The summed E-state index contributed by atoms with van der Waals surface area (Å²) in [4.78, 5) is 0. The van der Waals surface area contributed by atoms with Crippen LogP contribution < -0.4 is 11.1 Å². The average molecular weight is 154 g/mol. The molecule has 0 unspecified atom stereocenters. The van der Waals surface area contributed by atoms with Crippen LogP contribution in [0.1, 0.15) is 6.42 Å². The predicted molar refractivity (Wildman–Crippen MR) is 43.2 cm³/mol. The van der Waals surface area contributed by atoms with Crippen molar-refractivity contribution < 1.29 is 4.39 Å². The molecule has 0 amide bonds. The molecule has 0 saturated carbocycles. The number of nitrogens with one attached hydrogen (secondary N) is 1. The van der Waals surface area contributed by atoms with Gasteiger partial charge in [-0.3, -0.25) is 0 Å². The van der Waals surface area contributed by atoms with Gasteiger partial charge in [-0.25, -0.2) is 4.39 Å². The van der Waals surface area contributed by atoms with Crippen molar-refractivity contribution in [1.82, 2.24) is 5.32 Å². The van der Waals surface area contributed by atoms with E-state index in [9.17, 15) is 4.39 Å². The van der Waals surface area contributed by atoms with Gasteiger partial charge in [0.05, 0.1) is 5.70 Å². The van der Waals surface area contributed by atoms with Crippen molar-refractivity contribution in [2.75, 3.05) is 7.05 Å². The third kappa shape index (κ3) is 1.83. The number of rotatable bonds is 1. The fourth-order valence-corrected chi connectivity index (χ4v) is 0.895. The van der Waals surface area contributed by atoms with Gasteiger partial charge in [-0.1, -0.05) is 6.08 Å². The van der Waals surface area contributed by atoms with Gasteiger partial charge in [0.25, 0.3) is 0 Å². The molecule has 1 aliphatic rings. The Morgan fingerprint density at radius 3 is 3.00 bits per heavy atom. The van der Waals surface area contributed by atoms with E-state index in [0.29, 0.717) is 17.8 Å². The third-order valence-corrected chi connectivity index (χ3v) is 1.48. The molecule has 0 fully saturated rings. The minimum atomic E-state index is -0.307. The van der Waals surface area contributed by atoms with E-state index in [0.717, 1.165) is 0 Å². The second-order valence-corrected chi connectivity index (χ2v) is 2.34. The van der Waals surface area contributed by atoms with E-state index in [2.05, 4.69) is 5.32 Å². The number of allylic oxidation sites excluding steroid dienone is 4. The molecule has 0 aromatic heterocycles. The fraction of sp³-hybridized carbons (Fsp3) is 0.250. The van der Waals surface area contributed by atoms with E-state index >= 15 is 0 Å². The van der Waals surface area contributed by atoms with Gasteiger partial charge in [-0.15, -0.1) is 0 Å². The van der Waals surface area contributed by atoms with Crippen LogP contribution in [-0.4, -0.2) is 7.05 Å². The van der Waals surface area contributed by atoms with Crippen molar-refractivity contribution in [3.63, 3.8) is 0 Å². The number of hydrogen-bond acceptors (Lipinski definition) is 2. The number of hydrogen-bond donors (Lipinski definition) is 2. The standard InChI is InChI=1S/C8H11FN2/c1-11-8-4-2-3-6(10)5-7(8)9/h2,4-5,11H,3,10H2,1H3. The Kier molecular flexibility index (Phi) is 2.31. The van der Waals surface area contributed by atoms with Gasteiger partial charge >= 0.3 is 0 Å². The summed E-state index contributed by atoms with van der Waals surface area (Å²) >= 11 is 0. The zero-order chi connectivity index (χ0) is 8.27. The molecular formula is C8H11FN2. The maximum absolute atomic E-state index is 13.0. The highest BCUT2D eigenvalue weighted by atomic mass is 19.1. The first kappa shape index (κ1) is 7.85. The number of halogens is 1. The molecule has 0 heterocycles. The van der Waals surface area contributed by atoms with Gasteiger partial charge in [0.1, 0.15) is 5.83 Å². The summed E-state index contributed by atoms with van der Waals surface area (Å²) < 4.78 is 13.0. The van der Waals surface area contributed by atoms with Gasteiger partial charge in [0, 0.05) is 19.2 Å². The summed E-state index contributed by atoms with van der Waals surface area (Å²) in [5.41, 5.74) is 6.47. The Balaban J connectivity index is 2.96. The lowest BCUT2D eigenvalue weighted by molar-refractivity contribution is 0.646. The molecule has 2 nitrogen and oxygen atoms in total. The topological polar surface area (TPSA) is 38.0 Å². The Labute approximate surface area is 65.3 Å². The lowest BCUT2D eigenvalue weighted by Crippen LogP contribution is -2.04. The highest BCUT2D eigenvalue weighted by Crippen LogP contribution is 2.13. The predicted octanol–water partition coefficient (Wildman–Crippen LogP) is 1.19. The third-order valence-electron chi connectivity index (χ3n) is 1.48. The molecule has 0 saturated heterocycles. The smallest absolute Gasteiger partial charge is 0.147 e. The molecule has 0 aromatic carbocycles. The number of likely N-dealkylation sites (N-methyl/N-ethyl adjacent to an activating group) is 1. The van der Waals surface area contributed by atoms with Crippen LogP contribution in [0.5, 0.6) is 0 Å². The molecule has 0 atom stereocenters. The van der Waals surface area contributed by atoms with E-state index in [-0.39, 0.29) is 5.83 Å². The van der Waals surface area contributed by atoms with Gasteiger partial charge in [0.2, 0.25) is 0 Å². The van der Waals surface area contributed by atoms with Crippen LogP contribution in [0.3, 0.4) is 0 Å². The van der Waals surface area contributed by atoms with Gasteiger partial charge < -0.3 is 11.1 Å². The second-order valence-electron chi connectivity index (χ2n) is 2.34. The van der Waals surface area contributed by atoms with Crippen LogP contribution in [0, 0.1) is 0 Å². The molecule has 11 heavy (non-hydrogen) atoms. The molecule has 0 aliphatic heterocycles. The quantitative estimate of drug-likeness (QED) is 0.595. The van der Waals surface area contributed by atoms with E-state index in [1.54, 1.807) is 13.1 Å². The van der Waals surface area contributed by atoms with Gasteiger partial charge in [-0.05, 0) is 12.2 Å². The normalized spacial score (nSPS) is 17.8. The molecule has 0 radical (unpaired) electrons. The molecule has 0 bridgehead atoms. The maximum Gasteiger partial charge on any atom is 0.147 e. The summed E-state index contributed by atoms with van der Waals surface area (Å²) in [6.45, 7) is 0. The lowest BCUT2D eigenvalue weighted by atomic mass is 10.3. The molecule has 3 heteroatoms. The van der Waals surface area contributed by atoms with E-state index in [1.165, 1.54) is 6.08 Å². The summed E-state index contributed by atoms with van der Waals surface area (Å²) in [7, 11) is 1.68. The molecular weight excluding hydrogens is 143 g/mol. The van der Waals surface area contributed by atoms with Gasteiger partial charge in [-0.2, -0.15) is 0 Å². The van der Waals surface area contributed by atoms with Crippen LogP contribution in [0.4, 0.5) is 4.39 Å². The van der Waals surface area contributed by atoms with Crippen molar-refractivity contribution in [2.24, 2.45) is 5.73 Å². The molecule has 0 spiro atoms. The largest absolute Gasteiger partial charge is 0.402 e. The van der Waals surface area contributed by atoms with Crippen molar-refractivity contribution >= 4 is 0 Å². The maximum atomic E-state index is 13.0. The number of nitrogens with two attached hydrogens (primary N) is 1. The highest BCUT2D eigenvalue weighted by molar-refractivity contribution is 5.32. The van der Waals surface area contributed by atoms with Crippen molar-refractivity contribution in [3.05, 3.63) is 35.4 Å². The van der Waals surface area contributed by atoms with Crippen molar-refractivity contribution in [3.8, 4) is 0 Å². The van der Waals surface area contributed by atoms with E-state index < -0.39 is 0 Å². The van der Waals surface area contributed by atoms with Crippen LogP contribution in [0.25, 0.3) is 0 Å². The van der Waals surface area contributed by atoms with Crippen molar-refractivity contribution in [1.29, 1.82) is 0 Å². The molecule has 60 valence electrons. The summed E-state index contributed by atoms with van der Waals surface area (Å²) in [5, 5.41) is 2.73. The van der Waals surface area contributed by atoms with E-state index in [4.69, 9.17) is 5.73 Å². The second kappa shape index (κ2) is 3.23. The average Bonchev–Trinajstić information content (AvgIpc) is 2.11. The summed E-state index contributed by atoms with van der Waals surface area (Å²) in [5.74, 6) is -0.307. The zero-order valence-electron chi connectivity index (χ0n) is 6.39.